The lowest BCUT2D eigenvalue weighted by atomic mass is 9.77. The van der Waals surface area contributed by atoms with Crippen molar-refractivity contribution in [2.75, 3.05) is 119 Å². The summed E-state index contributed by atoms with van der Waals surface area (Å²) >= 11 is 0. The Bertz CT molecular complexity index is 2480. The van der Waals surface area contributed by atoms with Crippen LogP contribution in [0, 0.1) is 0 Å². The van der Waals surface area contributed by atoms with Gasteiger partial charge in [0, 0.05) is 109 Å². The fraction of sp³-hybridized carbons (Fsp3) is 0.444. The van der Waals surface area contributed by atoms with Gasteiger partial charge in [-0.2, -0.15) is 0 Å². The summed E-state index contributed by atoms with van der Waals surface area (Å²) in [6.07, 6.45) is 9.85. The van der Waals surface area contributed by atoms with Gasteiger partial charge in [-0.1, -0.05) is 85.7 Å². The Labute approximate surface area is 406 Å². The minimum Gasteiger partial charge on any atom is -0.388 e. The summed E-state index contributed by atoms with van der Waals surface area (Å²) in [5, 5.41) is 9.41. The zero-order chi connectivity index (χ0) is 47.6. The van der Waals surface area contributed by atoms with E-state index in [4.69, 9.17) is 9.47 Å². The molecule has 4 aliphatic heterocycles. The molecule has 11 nitrogen and oxygen atoms in total. The maximum absolute atomic E-state index is 13.5. The molecule has 8 rings (SSSR count). The van der Waals surface area contributed by atoms with E-state index in [1.807, 2.05) is 25.2 Å². The fourth-order valence-corrected chi connectivity index (χ4v) is 12.1. The van der Waals surface area contributed by atoms with Gasteiger partial charge in [-0.3, -0.25) is 9.59 Å². The Kier molecular flexibility index (Phi) is 14.2. The van der Waals surface area contributed by atoms with E-state index in [1.165, 1.54) is 5.69 Å². The minimum atomic E-state index is -0.648. The summed E-state index contributed by atoms with van der Waals surface area (Å²) in [6.45, 7) is 15.0. The van der Waals surface area contributed by atoms with Crippen LogP contribution >= 0.6 is 21.6 Å². The summed E-state index contributed by atoms with van der Waals surface area (Å²) in [7, 11) is 14.2. The summed E-state index contributed by atoms with van der Waals surface area (Å²) < 4.78 is 14.2. The Hall–Kier alpha value is -4.92. The Morgan fingerprint density at radius 1 is 0.701 bits per heavy atom. The Morgan fingerprint density at radius 3 is 1.61 bits per heavy atom. The molecule has 3 N–H and O–H groups in total. The first-order chi connectivity index (χ1) is 32.0. The zero-order valence-corrected chi connectivity index (χ0v) is 42.5. The maximum Gasteiger partial charge on any atom is 0.251 e. The van der Waals surface area contributed by atoms with Crippen molar-refractivity contribution < 1.29 is 23.5 Å². The molecule has 4 aromatic rings. The molecule has 356 valence electrons. The van der Waals surface area contributed by atoms with Crippen LogP contribution in [0.4, 0.5) is 22.7 Å². The van der Waals surface area contributed by atoms with Crippen LogP contribution in [0.15, 0.2) is 97.1 Å². The third kappa shape index (κ3) is 9.59. The van der Waals surface area contributed by atoms with Crippen molar-refractivity contribution in [2.45, 2.75) is 56.4 Å². The predicted molar refractivity (Wildman–Crippen MR) is 282 cm³/mol. The highest BCUT2D eigenvalue weighted by Crippen LogP contribution is 2.56. The molecule has 2 unspecified atom stereocenters. The van der Waals surface area contributed by atoms with E-state index in [1.54, 1.807) is 21.6 Å². The number of ether oxygens (including phenoxy) is 2. The van der Waals surface area contributed by atoms with Gasteiger partial charge in [-0.15, -0.1) is 0 Å². The van der Waals surface area contributed by atoms with Gasteiger partial charge in [-0.25, -0.2) is 0 Å². The average molecular weight is 945 g/mol. The van der Waals surface area contributed by atoms with Crippen LogP contribution in [0.3, 0.4) is 0 Å². The van der Waals surface area contributed by atoms with Crippen molar-refractivity contribution in [1.29, 1.82) is 0 Å². The highest BCUT2D eigenvalue weighted by molar-refractivity contribution is 8.76. The van der Waals surface area contributed by atoms with Gasteiger partial charge in [0.1, 0.15) is 0 Å². The van der Waals surface area contributed by atoms with Crippen molar-refractivity contribution >= 4 is 68.3 Å². The number of carbonyl (C=O) groups excluding carboxylic acids is 2. The van der Waals surface area contributed by atoms with Crippen molar-refractivity contribution in [3.8, 4) is 0 Å². The molecule has 4 aromatic carbocycles. The molecule has 2 amide bonds. The van der Waals surface area contributed by atoms with Crippen LogP contribution in [0.25, 0.3) is 12.2 Å². The second kappa shape index (κ2) is 19.6. The predicted octanol–water partition coefficient (Wildman–Crippen LogP) is 8.88. The number of carbonyl (C=O) groups is 2. The van der Waals surface area contributed by atoms with E-state index in [0.717, 1.165) is 87.9 Å². The second-order valence-electron chi connectivity index (χ2n) is 20.2. The van der Waals surface area contributed by atoms with E-state index in [0.29, 0.717) is 37.4 Å². The van der Waals surface area contributed by atoms with Gasteiger partial charge in [0.15, 0.2) is 11.4 Å². The number of benzene rings is 4. The molecular weight excluding hydrogens is 875 g/mol. The molecule has 0 saturated carbocycles. The highest BCUT2D eigenvalue weighted by Gasteiger charge is 2.60. The van der Waals surface area contributed by atoms with E-state index in [2.05, 4.69) is 178 Å². The van der Waals surface area contributed by atoms with Crippen LogP contribution in [-0.4, -0.2) is 127 Å². The summed E-state index contributed by atoms with van der Waals surface area (Å²) in [5.41, 5.74) is 8.20. The smallest absolute Gasteiger partial charge is 0.251 e. The number of amides is 2. The second-order valence-corrected chi connectivity index (χ2v) is 22.9. The molecule has 0 radical (unpaired) electrons. The third-order valence-corrected chi connectivity index (χ3v) is 16.6. The van der Waals surface area contributed by atoms with Gasteiger partial charge >= 0.3 is 0 Å². The fourth-order valence-electron chi connectivity index (χ4n) is 10.3. The first-order valence-electron chi connectivity index (χ1n) is 23.7. The summed E-state index contributed by atoms with van der Waals surface area (Å²) in [4.78, 5) is 33.9. The Balaban J connectivity index is 0.789. The number of quaternary nitrogens is 1. The Morgan fingerprint density at radius 2 is 1.16 bits per heavy atom. The lowest BCUT2D eigenvalue weighted by Crippen LogP contribution is -2.51. The zero-order valence-electron chi connectivity index (χ0n) is 40.9. The number of nitrogens with one attached hydrogen (secondary N) is 3. The number of fused-ring (bicyclic) bond motifs is 6. The number of hydrogen-bond acceptors (Lipinski definition) is 10. The molecule has 0 bridgehead atoms. The molecule has 4 heterocycles. The molecule has 67 heavy (non-hydrogen) atoms. The quantitative estimate of drug-likeness (QED) is 0.0481. The van der Waals surface area contributed by atoms with Crippen molar-refractivity contribution in [2.24, 2.45) is 0 Å². The molecule has 0 aliphatic carbocycles. The average Bonchev–Trinajstić information content (AvgIpc) is 4.04. The largest absolute Gasteiger partial charge is 0.388 e. The highest BCUT2D eigenvalue weighted by atomic mass is 33.1. The van der Waals surface area contributed by atoms with Crippen molar-refractivity contribution in [3.63, 3.8) is 0 Å². The molecule has 2 fully saturated rings. The number of anilines is 4. The number of nitrogens with zero attached hydrogens (tertiary/aromatic N) is 4. The topological polar surface area (TPSA) is 98.4 Å². The standard InChI is InChI=1S/C54H69N7O4S2/c1-51(2)45-37-41(15-21-47(45)59-30-33-64-53(51,59)25-23-39-11-17-43(55-5)18-12-39)49(62)56-27-35-66-67-36-28-57-50(63)42-16-22-48-46(38-42)52(3,4)54(60(48)31-34-65-54)26-24-40-13-19-44(20-14-40)58(6)29-10-32-61(7,8)9/h11-26,37-38,55H,10,27-36H2,1-9H3,(H-,56,57,62,63)/p+1/b25-23+,26-24+. The van der Waals surface area contributed by atoms with Gasteiger partial charge in [0.05, 0.1) is 40.9 Å². The van der Waals surface area contributed by atoms with Gasteiger partial charge in [0.2, 0.25) is 0 Å². The van der Waals surface area contributed by atoms with Gasteiger partial charge < -0.3 is 44.6 Å². The molecule has 2 saturated heterocycles. The first kappa shape index (κ1) is 48.5. The van der Waals surface area contributed by atoms with Gasteiger partial charge in [0.25, 0.3) is 11.8 Å². The van der Waals surface area contributed by atoms with Crippen LogP contribution < -0.4 is 30.7 Å². The molecule has 0 spiro atoms. The van der Waals surface area contributed by atoms with E-state index in [-0.39, 0.29) is 17.2 Å². The van der Waals surface area contributed by atoms with E-state index >= 15 is 0 Å². The lowest BCUT2D eigenvalue weighted by Gasteiger charge is -2.39. The minimum absolute atomic E-state index is 0.0810. The van der Waals surface area contributed by atoms with E-state index in [9.17, 15) is 9.59 Å². The normalized spacial score (nSPS) is 21.1. The summed E-state index contributed by atoms with van der Waals surface area (Å²) in [6, 6.07) is 29.2. The number of rotatable bonds is 19. The van der Waals surface area contributed by atoms with Crippen LogP contribution in [0.2, 0.25) is 0 Å². The number of hydrogen-bond donors (Lipinski definition) is 3. The lowest BCUT2D eigenvalue weighted by molar-refractivity contribution is -0.870. The molecule has 0 aromatic heterocycles. The van der Waals surface area contributed by atoms with Crippen molar-refractivity contribution in [1.82, 2.24) is 10.6 Å². The third-order valence-electron chi connectivity index (χ3n) is 14.2. The van der Waals surface area contributed by atoms with Crippen LogP contribution in [0.5, 0.6) is 0 Å². The molecule has 2 atom stereocenters. The summed E-state index contributed by atoms with van der Waals surface area (Å²) in [5.74, 6) is 1.34. The van der Waals surface area contributed by atoms with E-state index < -0.39 is 16.9 Å². The maximum atomic E-state index is 13.5. The monoisotopic (exact) mass is 944 g/mol. The van der Waals surface area contributed by atoms with Crippen LogP contribution in [-0.2, 0) is 20.3 Å². The van der Waals surface area contributed by atoms with Crippen LogP contribution in [0.1, 0.15) is 77.1 Å². The van der Waals surface area contributed by atoms with Gasteiger partial charge in [-0.05, 0) is 95.1 Å². The molecular formula is C54H70N7O4S2+. The molecule has 4 aliphatic rings. The van der Waals surface area contributed by atoms with Crippen molar-refractivity contribution in [3.05, 3.63) is 130 Å². The molecule has 13 heteroatoms. The SMILES string of the molecule is CNc1ccc(/C=C/C23OCCN2c2ccc(C(=O)NCCSSCCNC(=O)c4ccc5c(c4)C(C)(C)C4(/C=C/c6ccc(N(C)CCC[N+](C)(C)C)cc6)OCCN54)cc2C3(C)C)cc1. The first-order valence-corrected chi connectivity index (χ1v) is 26.2.